The van der Waals surface area contributed by atoms with Crippen molar-refractivity contribution < 1.29 is 32.9 Å². The summed E-state index contributed by atoms with van der Waals surface area (Å²) in [6.07, 6.45) is 51.6. The minimum absolute atomic E-state index is 0.647. The van der Waals surface area contributed by atoms with Crippen LogP contribution in [0.15, 0.2) is 34.9 Å². The van der Waals surface area contributed by atoms with Gasteiger partial charge in [0.05, 0.1) is 39.6 Å². The molecule has 0 radical (unpaired) electrons. The molecule has 1 aromatic heterocycles. The van der Waals surface area contributed by atoms with Crippen LogP contribution in [0.5, 0.6) is 34.5 Å². The molecule has 1 heterocycles. The fraction of sp³-hybridized carbons (Fsp3) is 0.716. The Morgan fingerprint density at radius 3 is 0.840 bits per heavy atom. The molecule has 2 aromatic carbocycles. The maximum Gasteiger partial charge on any atom is 0.203 e. The molecule has 75 heavy (non-hydrogen) atoms. The van der Waals surface area contributed by atoms with Crippen molar-refractivity contribution in [1.82, 2.24) is 5.16 Å². The van der Waals surface area contributed by atoms with Crippen LogP contribution in [-0.2, 0) is 0 Å². The van der Waals surface area contributed by atoms with E-state index in [1.807, 2.05) is 18.2 Å². The van der Waals surface area contributed by atoms with E-state index in [1.54, 1.807) is 0 Å². The van der Waals surface area contributed by atoms with Gasteiger partial charge in [0.1, 0.15) is 5.69 Å². The highest BCUT2D eigenvalue weighted by Gasteiger charge is 2.18. The third-order valence-electron chi connectivity index (χ3n) is 14.0. The van der Waals surface area contributed by atoms with E-state index >= 15 is 0 Å². The predicted octanol–water partition coefficient (Wildman–Crippen LogP) is 21.5. The van der Waals surface area contributed by atoms with Crippen molar-refractivity contribution in [2.75, 3.05) is 39.6 Å². The van der Waals surface area contributed by atoms with Gasteiger partial charge in [-0.25, -0.2) is 0 Å². The van der Waals surface area contributed by atoms with E-state index in [4.69, 9.17) is 32.9 Å². The van der Waals surface area contributed by atoms with Gasteiger partial charge >= 0.3 is 0 Å². The Morgan fingerprint density at radius 2 is 0.547 bits per heavy atom. The fourth-order valence-corrected chi connectivity index (χ4v) is 9.29. The van der Waals surface area contributed by atoms with E-state index in [0.717, 1.165) is 89.8 Å². The molecule has 0 N–H and O–H groups in total. The first-order valence-corrected chi connectivity index (χ1v) is 31.5. The van der Waals surface area contributed by atoms with Crippen molar-refractivity contribution in [3.05, 3.63) is 52.9 Å². The standard InChI is InChI=1S/C67H111NO7/c1-7-13-19-25-31-37-47-69-62-53-58(54-63(70-48-38-32-26-20-14-8-2)66(62)73-51-41-35-29-23-17-11-5)43-45-60-57-61(75-68-60)46-44-59-55-64(71-49-39-33-27-21-15-9-3)67(74-52-42-36-30-24-18-12-6)65(56-59)72-50-40-34-28-22-16-10-4/h43-46,53-57H,7-42,47-52H2,1-6H3/b45-43+,46-44+. The number of aromatic nitrogens is 1. The molecule has 0 fully saturated rings. The van der Waals surface area contributed by atoms with E-state index in [0.29, 0.717) is 45.4 Å². The van der Waals surface area contributed by atoms with Gasteiger partial charge in [-0.05, 0) is 86.1 Å². The first-order chi connectivity index (χ1) is 37.1. The predicted molar refractivity (Wildman–Crippen MR) is 320 cm³/mol. The quantitative estimate of drug-likeness (QED) is 0.0517. The zero-order chi connectivity index (χ0) is 53.5. The molecule has 0 amide bonds. The molecule has 0 saturated heterocycles. The normalized spacial score (nSPS) is 11.6. The van der Waals surface area contributed by atoms with Crippen LogP contribution >= 0.6 is 0 Å². The van der Waals surface area contributed by atoms with Crippen molar-refractivity contribution in [2.24, 2.45) is 0 Å². The van der Waals surface area contributed by atoms with Gasteiger partial charge in [0, 0.05) is 6.07 Å². The lowest BCUT2D eigenvalue weighted by Gasteiger charge is -2.18. The summed E-state index contributed by atoms with van der Waals surface area (Å²) < 4.78 is 45.4. The Labute approximate surface area is 460 Å². The Bertz CT molecular complexity index is 1640. The fourth-order valence-electron chi connectivity index (χ4n) is 9.29. The number of benzene rings is 2. The van der Waals surface area contributed by atoms with E-state index in [2.05, 4.69) is 83.1 Å². The molecule has 0 atom stereocenters. The van der Waals surface area contributed by atoms with Gasteiger partial charge in [0.25, 0.3) is 0 Å². The van der Waals surface area contributed by atoms with Gasteiger partial charge < -0.3 is 32.9 Å². The molecule has 0 aliphatic carbocycles. The molecule has 426 valence electrons. The summed E-state index contributed by atoms with van der Waals surface area (Å²) >= 11 is 0. The third kappa shape index (κ3) is 31.7. The van der Waals surface area contributed by atoms with Gasteiger partial charge in [0.15, 0.2) is 28.8 Å². The van der Waals surface area contributed by atoms with Gasteiger partial charge in [0.2, 0.25) is 11.5 Å². The van der Waals surface area contributed by atoms with Crippen molar-refractivity contribution in [1.29, 1.82) is 0 Å². The van der Waals surface area contributed by atoms with Crippen molar-refractivity contribution in [2.45, 2.75) is 273 Å². The monoisotopic (exact) mass is 1040 g/mol. The summed E-state index contributed by atoms with van der Waals surface area (Å²) in [6, 6.07) is 10.4. The molecule has 8 nitrogen and oxygen atoms in total. The number of hydrogen-bond donors (Lipinski definition) is 0. The minimum atomic E-state index is 0.647. The second kappa shape index (κ2) is 46.1. The van der Waals surface area contributed by atoms with Crippen molar-refractivity contribution >= 4 is 24.3 Å². The molecule has 0 aliphatic heterocycles. The van der Waals surface area contributed by atoms with E-state index in [9.17, 15) is 0 Å². The maximum absolute atomic E-state index is 6.59. The summed E-state index contributed by atoms with van der Waals surface area (Å²) in [5.74, 6) is 5.13. The summed E-state index contributed by atoms with van der Waals surface area (Å²) in [4.78, 5) is 0. The number of nitrogens with zero attached hydrogens (tertiary/aromatic N) is 1. The average molecular weight is 1040 g/mol. The summed E-state index contributed by atoms with van der Waals surface area (Å²) in [5, 5.41) is 4.46. The maximum atomic E-state index is 6.59. The lowest BCUT2D eigenvalue weighted by Crippen LogP contribution is -2.06. The van der Waals surface area contributed by atoms with Gasteiger partial charge in [-0.15, -0.1) is 0 Å². The number of rotatable bonds is 52. The summed E-state index contributed by atoms with van der Waals surface area (Å²) in [6.45, 7) is 17.5. The van der Waals surface area contributed by atoms with Crippen molar-refractivity contribution in [3.63, 3.8) is 0 Å². The second-order valence-electron chi connectivity index (χ2n) is 21.2. The largest absolute Gasteiger partial charge is 0.490 e. The third-order valence-corrected chi connectivity index (χ3v) is 14.0. The Hall–Kier alpha value is -4.07. The summed E-state index contributed by atoms with van der Waals surface area (Å²) in [7, 11) is 0. The lowest BCUT2D eigenvalue weighted by atomic mass is 10.1. The van der Waals surface area contributed by atoms with Gasteiger partial charge in [-0.3, -0.25) is 0 Å². The van der Waals surface area contributed by atoms with Crippen LogP contribution in [0.25, 0.3) is 24.3 Å². The molecule has 0 unspecified atom stereocenters. The van der Waals surface area contributed by atoms with Crippen LogP contribution < -0.4 is 28.4 Å². The second-order valence-corrected chi connectivity index (χ2v) is 21.2. The molecule has 3 aromatic rings. The van der Waals surface area contributed by atoms with E-state index < -0.39 is 0 Å². The van der Waals surface area contributed by atoms with Crippen LogP contribution in [-0.4, -0.2) is 44.8 Å². The number of hydrogen-bond acceptors (Lipinski definition) is 8. The molecule has 0 spiro atoms. The van der Waals surface area contributed by atoms with Gasteiger partial charge in [-0.1, -0.05) is 251 Å². The molecule has 0 aliphatic rings. The Balaban J connectivity index is 1.89. The SMILES string of the molecule is CCCCCCCCOc1cc(/C=C/c2cc(/C=C/c3cc(OCCCCCCCC)c(OCCCCCCCC)c(OCCCCCCCC)c3)on2)cc(OCCCCCCCC)c1OCCCCCCCC. The molecule has 3 rings (SSSR count). The molecule has 0 saturated carbocycles. The first-order valence-electron chi connectivity index (χ1n) is 31.5. The van der Waals surface area contributed by atoms with Crippen molar-refractivity contribution in [3.8, 4) is 34.5 Å². The van der Waals surface area contributed by atoms with Crippen LogP contribution in [0, 0.1) is 0 Å². The molecular formula is C67H111NO7. The topological polar surface area (TPSA) is 81.4 Å². The Kier molecular flexibility index (Phi) is 40.1. The average Bonchev–Trinajstić information content (AvgIpc) is 3.89. The molecule has 8 heteroatoms. The van der Waals surface area contributed by atoms with E-state index in [-0.39, 0.29) is 0 Å². The van der Waals surface area contributed by atoms with Gasteiger partial charge in [-0.2, -0.15) is 0 Å². The Morgan fingerprint density at radius 1 is 0.293 bits per heavy atom. The highest BCUT2D eigenvalue weighted by molar-refractivity contribution is 5.74. The number of ether oxygens (including phenoxy) is 6. The summed E-state index contributed by atoms with van der Waals surface area (Å²) in [5.41, 5.74) is 2.66. The molecular weight excluding hydrogens is 931 g/mol. The van der Waals surface area contributed by atoms with Crippen LogP contribution in [0.1, 0.15) is 295 Å². The number of unbranched alkanes of at least 4 members (excludes halogenated alkanes) is 30. The first kappa shape index (κ1) is 65.2. The van der Waals surface area contributed by atoms with Crippen LogP contribution in [0.2, 0.25) is 0 Å². The van der Waals surface area contributed by atoms with E-state index in [1.165, 1.54) is 193 Å². The zero-order valence-electron chi connectivity index (χ0n) is 49.2. The zero-order valence-corrected chi connectivity index (χ0v) is 49.2. The van der Waals surface area contributed by atoms with Crippen LogP contribution in [0.3, 0.4) is 0 Å². The highest BCUT2D eigenvalue weighted by Crippen LogP contribution is 2.42. The highest BCUT2D eigenvalue weighted by atomic mass is 16.5. The lowest BCUT2D eigenvalue weighted by molar-refractivity contribution is 0.234. The minimum Gasteiger partial charge on any atom is -0.490 e. The molecule has 0 bridgehead atoms. The van der Waals surface area contributed by atoms with Crippen LogP contribution in [0.4, 0.5) is 0 Å². The smallest absolute Gasteiger partial charge is 0.203 e.